The molecule has 0 aromatic heterocycles. The predicted molar refractivity (Wildman–Crippen MR) is 110 cm³/mol. The molecular weight excluding hydrogens is 304 g/mol. The smallest absolute Gasteiger partial charge is 0.0658 e. The third-order valence-corrected chi connectivity index (χ3v) is 7.18. The molecule has 0 amide bonds. The van der Waals surface area contributed by atoms with Crippen molar-refractivity contribution in [1.29, 1.82) is 0 Å². The van der Waals surface area contributed by atoms with Gasteiger partial charge in [-0.1, -0.05) is 89.5 Å². The van der Waals surface area contributed by atoms with E-state index in [2.05, 4.69) is 75.4 Å². The maximum Gasteiger partial charge on any atom is 0.0882 e. The monoisotopic (exact) mass is 332 g/mol. The van der Waals surface area contributed by atoms with E-state index < -0.39 is 9.52 Å². The van der Waals surface area contributed by atoms with E-state index in [-0.39, 0.29) is 0 Å². The lowest BCUT2D eigenvalue weighted by molar-refractivity contribution is 0.792. The maximum atomic E-state index is 2.35. The van der Waals surface area contributed by atoms with E-state index >= 15 is 0 Å². The summed E-state index contributed by atoms with van der Waals surface area (Å²) in [6.45, 7) is 6.82. The molecule has 0 atom stereocenters. The van der Waals surface area contributed by atoms with Gasteiger partial charge < -0.3 is 0 Å². The SMILES string of the molecule is CCCCC1=C(C)CC(c2ccc(C)cc2)=C1[SiH2]c1ccccc1. The number of benzene rings is 2. The first-order chi connectivity index (χ1) is 11.7. The molecule has 0 fully saturated rings. The Hall–Kier alpha value is -1.86. The Labute approximate surface area is 149 Å². The third-order valence-electron chi connectivity index (χ3n) is 5.09. The Bertz CT molecular complexity index is 748. The normalized spacial score (nSPS) is 15.1. The molecule has 0 saturated heterocycles. The molecular formula is C23H28Si. The highest BCUT2D eigenvalue weighted by molar-refractivity contribution is 6.63. The fraction of sp³-hybridized carbons (Fsp3) is 0.304. The molecule has 2 aromatic rings. The second kappa shape index (κ2) is 7.81. The number of rotatable bonds is 6. The highest BCUT2D eigenvalue weighted by atomic mass is 28.2. The fourth-order valence-corrected chi connectivity index (χ4v) is 5.83. The van der Waals surface area contributed by atoms with Crippen LogP contribution in [-0.2, 0) is 0 Å². The zero-order chi connectivity index (χ0) is 16.9. The summed E-state index contributed by atoms with van der Waals surface area (Å²) in [5.74, 6) is 0. The van der Waals surface area contributed by atoms with Gasteiger partial charge in [-0.05, 0) is 49.8 Å². The van der Waals surface area contributed by atoms with E-state index in [1.54, 1.807) is 27.1 Å². The van der Waals surface area contributed by atoms with Gasteiger partial charge in [0.2, 0.25) is 0 Å². The Balaban J connectivity index is 2.00. The van der Waals surface area contributed by atoms with Crippen LogP contribution in [0.3, 0.4) is 0 Å². The van der Waals surface area contributed by atoms with Crippen LogP contribution in [0.2, 0.25) is 0 Å². The van der Waals surface area contributed by atoms with Crippen molar-refractivity contribution < 1.29 is 0 Å². The highest BCUT2D eigenvalue weighted by Gasteiger charge is 2.22. The lowest BCUT2D eigenvalue weighted by Gasteiger charge is -2.13. The molecule has 0 unspecified atom stereocenters. The molecule has 0 spiro atoms. The van der Waals surface area contributed by atoms with Crippen molar-refractivity contribution >= 4 is 20.3 Å². The summed E-state index contributed by atoms with van der Waals surface area (Å²) in [6.07, 6.45) is 4.99. The van der Waals surface area contributed by atoms with Crippen LogP contribution >= 0.6 is 0 Å². The lowest BCUT2D eigenvalue weighted by atomic mass is 10.0. The van der Waals surface area contributed by atoms with Crippen LogP contribution in [0.15, 0.2) is 70.9 Å². The Morgan fingerprint density at radius 3 is 2.29 bits per heavy atom. The summed E-state index contributed by atoms with van der Waals surface area (Å²) in [6, 6.07) is 20.3. The molecule has 1 aliphatic carbocycles. The Morgan fingerprint density at radius 2 is 1.62 bits per heavy atom. The minimum atomic E-state index is -0.421. The molecule has 0 heterocycles. The third kappa shape index (κ3) is 3.79. The zero-order valence-corrected chi connectivity index (χ0v) is 16.6. The summed E-state index contributed by atoms with van der Waals surface area (Å²) < 4.78 is 0. The fourth-order valence-electron chi connectivity index (χ4n) is 3.68. The first kappa shape index (κ1) is 17.0. The van der Waals surface area contributed by atoms with E-state index in [9.17, 15) is 0 Å². The molecule has 24 heavy (non-hydrogen) atoms. The second-order valence-corrected chi connectivity index (χ2v) is 8.90. The van der Waals surface area contributed by atoms with E-state index in [0.717, 1.165) is 6.42 Å². The number of aryl methyl sites for hydroxylation is 1. The van der Waals surface area contributed by atoms with Gasteiger partial charge >= 0.3 is 0 Å². The standard InChI is InChI=1S/C23H28Si/c1-4-5-11-21-18(3)16-22(19-14-12-17(2)13-15-19)23(21)24-20-9-7-6-8-10-20/h6-10,12-15H,4-5,11,16,24H2,1-3H3. The van der Waals surface area contributed by atoms with Crippen molar-refractivity contribution in [2.24, 2.45) is 0 Å². The van der Waals surface area contributed by atoms with Gasteiger partial charge in [-0.25, -0.2) is 0 Å². The molecule has 0 saturated carbocycles. The summed E-state index contributed by atoms with van der Waals surface area (Å²) >= 11 is 0. The predicted octanol–water partition coefficient (Wildman–Crippen LogP) is 5.11. The van der Waals surface area contributed by atoms with Crippen molar-refractivity contribution in [1.82, 2.24) is 0 Å². The van der Waals surface area contributed by atoms with Gasteiger partial charge in [-0.3, -0.25) is 0 Å². The van der Waals surface area contributed by atoms with Crippen LogP contribution in [0, 0.1) is 6.92 Å². The Morgan fingerprint density at radius 1 is 0.917 bits per heavy atom. The molecule has 2 aromatic carbocycles. The van der Waals surface area contributed by atoms with Crippen molar-refractivity contribution in [3.8, 4) is 0 Å². The van der Waals surface area contributed by atoms with Gasteiger partial charge in [-0.15, -0.1) is 0 Å². The summed E-state index contributed by atoms with van der Waals surface area (Å²) in [5, 5.41) is 3.27. The van der Waals surface area contributed by atoms with Gasteiger partial charge in [0.25, 0.3) is 0 Å². The van der Waals surface area contributed by atoms with Crippen LogP contribution in [0.5, 0.6) is 0 Å². The minimum Gasteiger partial charge on any atom is -0.0658 e. The highest BCUT2D eigenvalue weighted by Crippen LogP contribution is 2.39. The van der Waals surface area contributed by atoms with E-state index in [4.69, 9.17) is 0 Å². The van der Waals surface area contributed by atoms with Crippen LogP contribution in [0.25, 0.3) is 5.57 Å². The van der Waals surface area contributed by atoms with Gasteiger partial charge in [0.1, 0.15) is 0 Å². The summed E-state index contributed by atoms with van der Waals surface area (Å²) in [5.41, 5.74) is 7.68. The minimum absolute atomic E-state index is 0.421. The van der Waals surface area contributed by atoms with Crippen LogP contribution < -0.4 is 5.19 Å². The average Bonchev–Trinajstić information content (AvgIpc) is 2.90. The largest absolute Gasteiger partial charge is 0.0882 e. The molecule has 0 N–H and O–H groups in total. The van der Waals surface area contributed by atoms with Gasteiger partial charge in [-0.2, -0.15) is 0 Å². The van der Waals surface area contributed by atoms with Crippen molar-refractivity contribution in [3.63, 3.8) is 0 Å². The lowest BCUT2D eigenvalue weighted by Crippen LogP contribution is -2.17. The van der Waals surface area contributed by atoms with Crippen molar-refractivity contribution in [2.45, 2.75) is 46.5 Å². The zero-order valence-electron chi connectivity index (χ0n) is 15.2. The van der Waals surface area contributed by atoms with Gasteiger partial charge in [0.05, 0.1) is 9.52 Å². The molecule has 0 aliphatic heterocycles. The second-order valence-electron chi connectivity index (χ2n) is 7.02. The van der Waals surface area contributed by atoms with Crippen LogP contribution in [0.4, 0.5) is 0 Å². The van der Waals surface area contributed by atoms with Crippen molar-refractivity contribution in [3.05, 3.63) is 82.1 Å². The molecule has 0 radical (unpaired) electrons. The van der Waals surface area contributed by atoms with Gasteiger partial charge in [0, 0.05) is 0 Å². The van der Waals surface area contributed by atoms with Crippen molar-refractivity contribution in [2.75, 3.05) is 0 Å². The molecule has 3 rings (SSSR count). The molecule has 0 nitrogen and oxygen atoms in total. The van der Waals surface area contributed by atoms with Crippen LogP contribution in [0.1, 0.15) is 50.7 Å². The first-order valence-electron chi connectivity index (χ1n) is 9.21. The van der Waals surface area contributed by atoms with E-state index in [1.165, 1.54) is 30.4 Å². The number of hydrogen-bond donors (Lipinski definition) is 0. The molecule has 124 valence electrons. The molecule has 1 aliphatic rings. The number of allylic oxidation sites excluding steroid dienone is 4. The average molecular weight is 333 g/mol. The molecule has 1 heteroatoms. The Kier molecular flexibility index (Phi) is 5.52. The number of hydrogen-bond acceptors (Lipinski definition) is 0. The quantitative estimate of drug-likeness (QED) is 0.645. The van der Waals surface area contributed by atoms with E-state index in [1.807, 2.05) is 0 Å². The van der Waals surface area contributed by atoms with Crippen LogP contribution in [-0.4, -0.2) is 9.52 Å². The number of unbranched alkanes of at least 4 members (excludes halogenated alkanes) is 1. The first-order valence-corrected chi connectivity index (χ1v) is 10.6. The van der Waals surface area contributed by atoms with Gasteiger partial charge in [0.15, 0.2) is 0 Å². The maximum absolute atomic E-state index is 2.35. The van der Waals surface area contributed by atoms with E-state index in [0.29, 0.717) is 0 Å². The summed E-state index contributed by atoms with van der Waals surface area (Å²) in [7, 11) is -0.421. The molecule has 0 bridgehead atoms. The summed E-state index contributed by atoms with van der Waals surface area (Å²) in [4.78, 5) is 0. The topological polar surface area (TPSA) is 0 Å².